The summed E-state index contributed by atoms with van der Waals surface area (Å²) in [4.78, 5) is 12.9. The Balaban J connectivity index is 1.61. The maximum Gasteiger partial charge on any atom is 0.251 e. The Morgan fingerprint density at radius 1 is 0.968 bits per heavy atom. The molecule has 3 rings (SSSR count). The molecule has 168 valence electrons. The van der Waals surface area contributed by atoms with Gasteiger partial charge in [-0.3, -0.25) is 4.79 Å². The van der Waals surface area contributed by atoms with E-state index < -0.39 is 10.0 Å². The van der Waals surface area contributed by atoms with Gasteiger partial charge in [0.05, 0.1) is 26.2 Å². The molecule has 8 nitrogen and oxygen atoms in total. The molecule has 1 N–H and O–H groups in total. The number of rotatable bonds is 9. The highest BCUT2D eigenvalue weighted by Gasteiger charge is 2.26. The Kier molecular flexibility index (Phi) is 7.40. The number of carbonyl (C=O) groups excluding carboxylic acids is 1. The predicted octanol–water partition coefficient (Wildman–Crippen LogP) is 2.47. The maximum atomic E-state index is 12.6. The molecule has 0 saturated carbocycles. The first kappa shape index (κ1) is 22.9. The van der Waals surface area contributed by atoms with Crippen LogP contribution in [0.1, 0.15) is 28.8 Å². The summed E-state index contributed by atoms with van der Waals surface area (Å²) in [5.41, 5.74) is 1.33. The second-order valence-electron chi connectivity index (χ2n) is 7.18. The Hall–Kier alpha value is -2.78. The van der Waals surface area contributed by atoms with Crippen LogP contribution in [0.15, 0.2) is 41.3 Å². The van der Waals surface area contributed by atoms with Crippen LogP contribution >= 0.6 is 0 Å². The Labute approximate surface area is 183 Å². The third kappa shape index (κ3) is 5.11. The first-order chi connectivity index (χ1) is 14.9. The van der Waals surface area contributed by atoms with E-state index in [4.69, 9.17) is 14.2 Å². The summed E-state index contributed by atoms with van der Waals surface area (Å²) in [5, 5.41) is 2.86. The molecule has 0 spiro atoms. The molecule has 1 fully saturated rings. The van der Waals surface area contributed by atoms with Crippen LogP contribution in [0, 0.1) is 0 Å². The molecule has 1 saturated heterocycles. The summed E-state index contributed by atoms with van der Waals surface area (Å²) in [6.07, 6.45) is 2.38. The van der Waals surface area contributed by atoms with Crippen LogP contribution in [-0.2, 0) is 16.4 Å². The Morgan fingerprint density at radius 2 is 1.55 bits per heavy atom. The van der Waals surface area contributed by atoms with E-state index in [1.54, 1.807) is 36.4 Å². The zero-order valence-electron chi connectivity index (χ0n) is 18.0. The number of nitrogens with zero attached hydrogens (tertiary/aromatic N) is 1. The molecule has 0 aromatic heterocycles. The average Bonchev–Trinajstić information content (AvgIpc) is 3.34. The van der Waals surface area contributed by atoms with Gasteiger partial charge in [0.15, 0.2) is 11.5 Å². The first-order valence-corrected chi connectivity index (χ1v) is 11.5. The van der Waals surface area contributed by atoms with Crippen LogP contribution in [0.25, 0.3) is 0 Å². The highest BCUT2D eigenvalue weighted by molar-refractivity contribution is 7.89. The van der Waals surface area contributed by atoms with Crippen molar-refractivity contribution in [3.8, 4) is 17.2 Å². The van der Waals surface area contributed by atoms with Gasteiger partial charge in [-0.15, -0.1) is 0 Å². The van der Waals surface area contributed by atoms with Crippen LogP contribution < -0.4 is 19.5 Å². The van der Waals surface area contributed by atoms with E-state index in [-0.39, 0.29) is 5.91 Å². The van der Waals surface area contributed by atoms with E-state index in [1.807, 2.05) is 0 Å². The van der Waals surface area contributed by atoms with Gasteiger partial charge in [-0.25, -0.2) is 8.42 Å². The van der Waals surface area contributed by atoms with Crippen molar-refractivity contribution < 1.29 is 27.4 Å². The van der Waals surface area contributed by atoms with Gasteiger partial charge in [0.1, 0.15) is 0 Å². The van der Waals surface area contributed by atoms with Gasteiger partial charge in [-0.05, 0) is 49.1 Å². The van der Waals surface area contributed by atoms with E-state index in [0.717, 1.165) is 18.4 Å². The number of amides is 1. The maximum absolute atomic E-state index is 12.6. The largest absolute Gasteiger partial charge is 0.493 e. The number of nitrogens with one attached hydrogen (secondary N) is 1. The molecule has 0 radical (unpaired) electrons. The predicted molar refractivity (Wildman–Crippen MR) is 117 cm³/mol. The summed E-state index contributed by atoms with van der Waals surface area (Å²) in [6, 6.07) is 10.0. The van der Waals surface area contributed by atoms with E-state index in [1.165, 1.54) is 25.6 Å². The molecule has 0 atom stereocenters. The SMILES string of the molecule is COc1cc(C(=O)NCCc2ccc(S(=O)(=O)N3CCCC3)cc2)cc(OC)c1OC. The van der Waals surface area contributed by atoms with Crippen molar-refractivity contribution >= 4 is 15.9 Å². The van der Waals surface area contributed by atoms with Crippen molar-refractivity contribution in [2.24, 2.45) is 0 Å². The zero-order valence-corrected chi connectivity index (χ0v) is 18.8. The molecule has 0 aliphatic carbocycles. The van der Waals surface area contributed by atoms with Gasteiger partial charge in [0.2, 0.25) is 15.8 Å². The van der Waals surface area contributed by atoms with Crippen LogP contribution in [0.2, 0.25) is 0 Å². The molecule has 2 aromatic rings. The average molecular weight is 449 g/mol. The van der Waals surface area contributed by atoms with Crippen molar-refractivity contribution in [3.63, 3.8) is 0 Å². The third-order valence-electron chi connectivity index (χ3n) is 5.25. The summed E-state index contributed by atoms with van der Waals surface area (Å²) < 4.78 is 42.6. The van der Waals surface area contributed by atoms with E-state index >= 15 is 0 Å². The molecule has 1 heterocycles. The van der Waals surface area contributed by atoms with Crippen molar-refractivity contribution in [3.05, 3.63) is 47.5 Å². The van der Waals surface area contributed by atoms with Crippen LogP contribution in [0.5, 0.6) is 17.2 Å². The molecule has 1 amide bonds. The van der Waals surface area contributed by atoms with Crippen molar-refractivity contribution in [2.75, 3.05) is 41.0 Å². The van der Waals surface area contributed by atoms with Crippen molar-refractivity contribution in [1.29, 1.82) is 0 Å². The lowest BCUT2D eigenvalue weighted by Crippen LogP contribution is -2.28. The minimum atomic E-state index is -3.41. The van der Waals surface area contributed by atoms with Gasteiger partial charge in [0, 0.05) is 25.2 Å². The molecule has 0 bridgehead atoms. The zero-order chi connectivity index (χ0) is 22.4. The van der Waals surface area contributed by atoms with Gasteiger partial charge in [-0.2, -0.15) is 4.31 Å². The van der Waals surface area contributed by atoms with Crippen molar-refractivity contribution in [2.45, 2.75) is 24.2 Å². The number of ether oxygens (including phenoxy) is 3. The van der Waals surface area contributed by atoms with E-state index in [2.05, 4.69) is 5.32 Å². The second-order valence-corrected chi connectivity index (χ2v) is 9.11. The molecule has 31 heavy (non-hydrogen) atoms. The number of hydrogen-bond donors (Lipinski definition) is 1. The molecule has 1 aliphatic heterocycles. The minimum Gasteiger partial charge on any atom is -0.493 e. The summed E-state index contributed by atoms with van der Waals surface area (Å²) >= 11 is 0. The molecular formula is C22H28N2O6S. The standard InChI is InChI=1S/C22H28N2O6S/c1-28-19-14-17(15-20(29-2)21(19)30-3)22(25)23-11-10-16-6-8-18(9-7-16)31(26,27)24-12-4-5-13-24/h6-9,14-15H,4-5,10-13H2,1-3H3,(H,23,25). The van der Waals surface area contributed by atoms with E-state index in [0.29, 0.717) is 53.8 Å². The quantitative estimate of drug-likeness (QED) is 0.633. The third-order valence-corrected chi connectivity index (χ3v) is 7.17. The molecule has 2 aromatic carbocycles. The lowest BCUT2D eigenvalue weighted by Gasteiger charge is -2.15. The van der Waals surface area contributed by atoms with Gasteiger partial charge in [-0.1, -0.05) is 12.1 Å². The van der Waals surface area contributed by atoms with Crippen molar-refractivity contribution in [1.82, 2.24) is 9.62 Å². The fourth-order valence-corrected chi connectivity index (χ4v) is 5.06. The van der Waals surface area contributed by atoms with Crippen LogP contribution in [0.3, 0.4) is 0 Å². The first-order valence-electron chi connectivity index (χ1n) is 10.1. The molecule has 0 unspecified atom stereocenters. The highest BCUT2D eigenvalue weighted by Crippen LogP contribution is 2.38. The smallest absolute Gasteiger partial charge is 0.251 e. The normalized spacial score (nSPS) is 14.3. The molecule has 9 heteroatoms. The highest BCUT2D eigenvalue weighted by atomic mass is 32.2. The second kappa shape index (κ2) is 10.0. The Morgan fingerprint density at radius 3 is 2.06 bits per heavy atom. The van der Waals surface area contributed by atoms with Gasteiger partial charge < -0.3 is 19.5 Å². The van der Waals surface area contributed by atoms with Gasteiger partial charge in [0.25, 0.3) is 5.91 Å². The fourth-order valence-electron chi connectivity index (χ4n) is 3.54. The van der Waals surface area contributed by atoms with Crippen LogP contribution in [-0.4, -0.2) is 59.6 Å². The van der Waals surface area contributed by atoms with E-state index in [9.17, 15) is 13.2 Å². The minimum absolute atomic E-state index is 0.271. The lowest BCUT2D eigenvalue weighted by molar-refractivity contribution is 0.0953. The lowest BCUT2D eigenvalue weighted by atomic mass is 10.1. The number of carbonyl (C=O) groups is 1. The number of sulfonamides is 1. The molecule has 1 aliphatic rings. The fraction of sp³-hybridized carbons (Fsp3) is 0.409. The summed E-state index contributed by atoms with van der Waals surface area (Å²) in [7, 11) is 1.07. The van der Waals surface area contributed by atoms with Crippen LogP contribution in [0.4, 0.5) is 0 Å². The number of methoxy groups -OCH3 is 3. The Bertz CT molecular complexity index is 990. The summed E-state index contributed by atoms with van der Waals surface area (Å²) in [6.45, 7) is 1.56. The number of benzene rings is 2. The monoisotopic (exact) mass is 448 g/mol. The van der Waals surface area contributed by atoms with Gasteiger partial charge >= 0.3 is 0 Å². The topological polar surface area (TPSA) is 94.2 Å². The number of hydrogen-bond acceptors (Lipinski definition) is 6. The summed E-state index contributed by atoms with van der Waals surface area (Å²) in [5.74, 6) is 0.960. The molecular weight excluding hydrogens is 420 g/mol.